The molecule has 0 radical (unpaired) electrons. The first-order valence-corrected chi connectivity index (χ1v) is 10.0. The number of unbranched alkanes of at least 4 members (excludes halogenated alkanes) is 6. The van der Waals surface area contributed by atoms with Crippen LogP contribution < -0.4 is 4.74 Å². The Bertz CT molecular complexity index is 892. The van der Waals surface area contributed by atoms with Crippen molar-refractivity contribution in [2.45, 2.75) is 57.5 Å². The molecule has 0 spiro atoms. The molecule has 0 aliphatic heterocycles. The van der Waals surface area contributed by atoms with Crippen LogP contribution in [0.5, 0.6) is 5.75 Å². The molecule has 0 atom stereocenters. The van der Waals surface area contributed by atoms with Gasteiger partial charge in [-0.2, -0.15) is 13.2 Å². The molecule has 0 saturated heterocycles. The van der Waals surface area contributed by atoms with Gasteiger partial charge in [-0.3, -0.25) is 0 Å². The Morgan fingerprint density at radius 3 is 2.18 bits per heavy atom. The predicted molar refractivity (Wildman–Crippen MR) is 108 cm³/mol. The molecule has 3 rings (SSSR count). The average molecular weight is 389 g/mol. The van der Waals surface area contributed by atoms with Crippen molar-refractivity contribution in [1.82, 2.24) is 4.98 Å². The molecule has 0 aliphatic rings. The molecule has 28 heavy (non-hydrogen) atoms. The number of benzene rings is 2. The zero-order valence-corrected chi connectivity index (χ0v) is 16.0. The molecule has 3 aromatic rings. The van der Waals surface area contributed by atoms with Gasteiger partial charge in [0, 0.05) is 23.3 Å². The number of halogens is 3. The number of pyridine rings is 1. The Morgan fingerprint density at radius 2 is 1.39 bits per heavy atom. The molecule has 0 unspecified atom stereocenters. The highest BCUT2D eigenvalue weighted by atomic mass is 19.4. The summed E-state index contributed by atoms with van der Waals surface area (Å²) >= 11 is 0. The quantitative estimate of drug-likeness (QED) is 0.265. The summed E-state index contributed by atoms with van der Waals surface area (Å²) in [5.74, 6) is 0.822. The first kappa shape index (κ1) is 20.4. The van der Waals surface area contributed by atoms with Gasteiger partial charge in [0.25, 0.3) is 0 Å². The van der Waals surface area contributed by atoms with E-state index in [1.807, 2.05) is 36.4 Å². The Morgan fingerprint density at radius 1 is 0.714 bits per heavy atom. The van der Waals surface area contributed by atoms with E-state index in [0.717, 1.165) is 59.7 Å². The van der Waals surface area contributed by atoms with E-state index in [1.54, 1.807) is 0 Å². The zero-order valence-electron chi connectivity index (χ0n) is 16.0. The van der Waals surface area contributed by atoms with E-state index in [-0.39, 0.29) is 6.42 Å². The van der Waals surface area contributed by atoms with Crippen molar-refractivity contribution in [3.05, 3.63) is 48.5 Å². The molecule has 0 aliphatic carbocycles. The third kappa shape index (κ3) is 6.39. The van der Waals surface area contributed by atoms with Crippen LogP contribution in [-0.2, 0) is 0 Å². The second-order valence-corrected chi connectivity index (χ2v) is 7.22. The number of rotatable bonds is 10. The van der Waals surface area contributed by atoms with E-state index in [4.69, 9.17) is 9.72 Å². The van der Waals surface area contributed by atoms with Gasteiger partial charge >= 0.3 is 6.18 Å². The van der Waals surface area contributed by atoms with E-state index in [9.17, 15) is 13.2 Å². The lowest BCUT2D eigenvalue weighted by atomic mass is 10.1. The van der Waals surface area contributed by atoms with E-state index < -0.39 is 12.6 Å². The molecule has 5 heteroatoms. The van der Waals surface area contributed by atoms with Crippen molar-refractivity contribution >= 4 is 21.8 Å². The minimum atomic E-state index is -4.01. The lowest BCUT2D eigenvalue weighted by Crippen LogP contribution is -2.06. The van der Waals surface area contributed by atoms with Crippen molar-refractivity contribution in [3.8, 4) is 5.75 Å². The molecule has 0 amide bonds. The van der Waals surface area contributed by atoms with Gasteiger partial charge in [-0.15, -0.1) is 0 Å². The number of aromatic nitrogens is 1. The van der Waals surface area contributed by atoms with Crippen molar-refractivity contribution < 1.29 is 17.9 Å². The van der Waals surface area contributed by atoms with E-state index in [1.165, 1.54) is 0 Å². The van der Waals surface area contributed by atoms with Gasteiger partial charge in [0.05, 0.1) is 17.6 Å². The molecular weight excluding hydrogens is 363 g/mol. The number of fused-ring (bicyclic) bond motifs is 2. The number of alkyl halides is 3. The molecule has 150 valence electrons. The van der Waals surface area contributed by atoms with E-state index in [2.05, 4.69) is 12.1 Å². The van der Waals surface area contributed by atoms with Crippen LogP contribution in [0.4, 0.5) is 13.2 Å². The van der Waals surface area contributed by atoms with Crippen LogP contribution in [0.15, 0.2) is 48.5 Å². The van der Waals surface area contributed by atoms with Crippen LogP contribution in [0.1, 0.15) is 51.4 Å². The molecule has 2 nitrogen and oxygen atoms in total. The molecule has 2 aromatic carbocycles. The van der Waals surface area contributed by atoms with Gasteiger partial charge in [-0.1, -0.05) is 50.3 Å². The van der Waals surface area contributed by atoms with Gasteiger partial charge in [-0.05, 0) is 37.1 Å². The fraction of sp³-hybridized carbons (Fsp3) is 0.435. The van der Waals surface area contributed by atoms with Crippen molar-refractivity contribution in [2.75, 3.05) is 6.61 Å². The number of nitrogens with zero attached hydrogens (tertiary/aromatic N) is 1. The maximum atomic E-state index is 12.0. The first-order chi connectivity index (χ1) is 13.5. The summed E-state index contributed by atoms with van der Waals surface area (Å²) in [5, 5.41) is 2.22. The summed E-state index contributed by atoms with van der Waals surface area (Å²) in [7, 11) is 0. The molecule has 0 bridgehead atoms. The molecule has 0 saturated carbocycles. The van der Waals surface area contributed by atoms with Crippen molar-refractivity contribution in [2.24, 2.45) is 0 Å². The standard InChI is InChI=1S/C23H26F3NO/c24-23(25,26)14-8-4-2-1-3-5-9-15-28-20-13-12-19-16-18-10-6-7-11-21(18)27-22(19)17-20/h6-7,10-13,16-17H,1-5,8-9,14-15H2. The highest BCUT2D eigenvalue weighted by Gasteiger charge is 2.25. The zero-order chi connectivity index (χ0) is 19.8. The first-order valence-electron chi connectivity index (χ1n) is 10.0. The Labute approximate surface area is 163 Å². The van der Waals surface area contributed by atoms with Gasteiger partial charge in [-0.25, -0.2) is 4.98 Å². The van der Waals surface area contributed by atoms with Crippen LogP contribution in [-0.4, -0.2) is 17.8 Å². The Balaban J connectivity index is 1.35. The minimum absolute atomic E-state index is 0.248. The number of hydrogen-bond donors (Lipinski definition) is 0. The molecular formula is C23H26F3NO. The van der Waals surface area contributed by atoms with Crippen LogP contribution in [0.25, 0.3) is 21.8 Å². The molecule has 0 N–H and O–H groups in total. The summed E-state index contributed by atoms with van der Waals surface area (Å²) in [5.41, 5.74) is 1.90. The number of hydrogen-bond acceptors (Lipinski definition) is 2. The smallest absolute Gasteiger partial charge is 0.389 e. The number of ether oxygens (including phenoxy) is 1. The van der Waals surface area contributed by atoms with Crippen molar-refractivity contribution in [1.29, 1.82) is 0 Å². The van der Waals surface area contributed by atoms with Gasteiger partial charge < -0.3 is 4.74 Å². The van der Waals surface area contributed by atoms with Crippen LogP contribution in [0, 0.1) is 0 Å². The second-order valence-electron chi connectivity index (χ2n) is 7.22. The lowest BCUT2D eigenvalue weighted by Gasteiger charge is -2.08. The predicted octanol–water partition coefficient (Wildman–Crippen LogP) is 7.45. The van der Waals surface area contributed by atoms with Crippen LogP contribution in [0.3, 0.4) is 0 Å². The van der Waals surface area contributed by atoms with Gasteiger partial charge in [0.1, 0.15) is 5.75 Å². The van der Waals surface area contributed by atoms with Gasteiger partial charge in [0.15, 0.2) is 0 Å². The van der Waals surface area contributed by atoms with Crippen LogP contribution >= 0.6 is 0 Å². The maximum absolute atomic E-state index is 12.0. The summed E-state index contributed by atoms with van der Waals surface area (Å²) in [6.45, 7) is 0.646. The third-order valence-electron chi connectivity index (χ3n) is 4.86. The minimum Gasteiger partial charge on any atom is -0.494 e. The molecule has 0 fully saturated rings. The maximum Gasteiger partial charge on any atom is 0.389 e. The largest absolute Gasteiger partial charge is 0.494 e. The summed E-state index contributed by atoms with van der Waals surface area (Å²) in [4.78, 5) is 4.70. The molecule has 1 aromatic heterocycles. The second kappa shape index (κ2) is 9.76. The van der Waals surface area contributed by atoms with Crippen LogP contribution in [0.2, 0.25) is 0 Å². The fourth-order valence-corrected chi connectivity index (χ4v) is 3.34. The summed E-state index contributed by atoms with van der Waals surface area (Å²) in [6, 6.07) is 16.2. The normalized spacial score (nSPS) is 12.0. The summed E-state index contributed by atoms with van der Waals surface area (Å²) in [6.07, 6.45) is 1.14. The summed E-state index contributed by atoms with van der Waals surface area (Å²) < 4.78 is 42.0. The number of para-hydroxylation sites is 1. The third-order valence-corrected chi connectivity index (χ3v) is 4.86. The Hall–Kier alpha value is -2.30. The Kier molecular flexibility index (Phi) is 7.12. The SMILES string of the molecule is FC(F)(F)CCCCCCCCCOc1ccc2cc3ccccc3nc2c1. The molecule has 1 heterocycles. The van der Waals surface area contributed by atoms with Crippen molar-refractivity contribution in [3.63, 3.8) is 0 Å². The fourth-order valence-electron chi connectivity index (χ4n) is 3.34. The highest BCUT2D eigenvalue weighted by molar-refractivity contribution is 5.93. The topological polar surface area (TPSA) is 22.1 Å². The van der Waals surface area contributed by atoms with E-state index in [0.29, 0.717) is 13.0 Å². The highest BCUT2D eigenvalue weighted by Crippen LogP contribution is 2.24. The lowest BCUT2D eigenvalue weighted by molar-refractivity contribution is -0.135. The van der Waals surface area contributed by atoms with Gasteiger partial charge in [0.2, 0.25) is 0 Å². The monoisotopic (exact) mass is 389 g/mol. The average Bonchev–Trinajstić information content (AvgIpc) is 2.67. The van der Waals surface area contributed by atoms with E-state index >= 15 is 0 Å².